The van der Waals surface area contributed by atoms with E-state index in [0.29, 0.717) is 5.92 Å². The Labute approximate surface area is 150 Å². The largest absolute Gasteiger partial charge is 0.333 e. The van der Waals surface area contributed by atoms with Crippen molar-refractivity contribution in [1.29, 1.82) is 0 Å². The number of hydrogen-bond acceptors (Lipinski definition) is 3. The van der Waals surface area contributed by atoms with Crippen LogP contribution in [0.15, 0.2) is 61.3 Å². The number of aromatic nitrogens is 3. The maximum atomic E-state index is 4.55. The lowest BCUT2D eigenvalue weighted by Gasteiger charge is -2.09. The molecule has 0 aliphatic heterocycles. The standard InChI is InChI=1S/C21H26N4/c1-17(2)10-21-7-6-20(14-24-21)13-23-12-18-4-3-5-19(11-18)15-25-9-8-22-16-25/h3-9,11,14,16-17,23H,10,12-13,15H2,1-2H3. The Kier molecular flexibility index (Phi) is 5.96. The molecule has 4 heteroatoms. The van der Waals surface area contributed by atoms with Crippen LogP contribution >= 0.6 is 0 Å². The van der Waals surface area contributed by atoms with Crippen LogP contribution in [-0.4, -0.2) is 14.5 Å². The first-order chi connectivity index (χ1) is 12.2. The van der Waals surface area contributed by atoms with Crippen LogP contribution in [0.1, 0.15) is 36.2 Å². The monoisotopic (exact) mass is 334 g/mol. The second-order valence-electron chi connectivity index (χ2n) is 6.91. The molecule has 3 aromatic rings. The highest BCUT2D eigenvalue weighted by atomic mass is 15.0. The van der Waals surface area contributed by atoms with E-state index in [4.69, 9.17) is 0 Å². The van der Waals surface area contributed by atoms with Crippen LogP contribution < -0.4 is 5.32 Å². The lowest BCUT2D eigenvalue weighted by Crippen LogP contribution is -2.13. The Morgan fingerprint density at radius 1 is 1.04 bits per heavy atom. The van der Waals surface area contributed by atoms with Gasteiger partial charge in [0.15, 0.2) is 0 Å². The average molecular weight is 334 g/mol. The van der Waals surface area contributed by atoms with Crippen molar-refractivity contribution >= 4 is 0 Å². The third kappa shape index (κ3) is 5.54. The molecular weight excluding hydrogens is 308 g/mol. The van der Waals surface area contributed by atoms with Crippen molar-refractivity contribution in [3.63, 3.8) is 0 Å². The van der Waals surface area contributed by atoms with E-state index in [2.05, 4.69) is 70.1 Å². The maximum Gasteiger partial charge on any atom is 0.0949 e. The number of imidazole rings is 1. The summed E-state index contributed by atoms with van der Waals surface area (Å²) in [7, 11) is 0. The van der Waals surface area contributed by atoms with Crippen molar-refractivity contribution in [3.8, 4) is 0 Å². The fourth-order valence-corrected chi connectivity index (χ4v) is 2.88. The molecule has 0 saturated heterocycles. The second kappa shape index (κ2) is 8.58. The van der Waals surface area contributed by atoms with Gasteiger partial charge in [0.2, 0.25) is 0 Å². The molecule has 2 aromatic heterocycles. The van der Waals surface area contributed by atoms with Gasteiger partial charge in [0.05, 0.1) is 6.33 Å². The Morgan fingerprint density at radius 3 is 2.60 bits per heavy atom. The minimum Gasteiger partial charge on any atom is -0.333 e. The zero-order valence-corrected chi connectivity index (χ0v) is 15.0. The van der Waals surface area contributed by atoms with Crippen LogP contribution in [0.2, 0.25) is 0 Å². The Morgan fingerprint density at radius 2 is 1.88 bits per heavy atom. The molecule has 3 rings (SSSR count). The molecule has 1 N–H and O–H groups in total. The summed E-state index contributed by atoms with van der Waals surface area (Å²) >= 11 is 0. The molecule has 0 aliphatic carbocycles. The zero-order chi connectivity index (χ0) is 17.5. The summed E-state index contributed by atoms with van der Waals surface area (Å²) in [5.41, 5.74) is 4.98. The van der Waals surface area contributed by atoms with Crippen LogP contribution in [0.25, 0.3) is 0 Å². The van der Waals surface area contributed by atoms with E-state index in [1.54, 1.807) is 0 Å². The van der Waals surface area contributed by atoms with Crippen molar-refractivity contribution in [3.05, 3.63) is 83.7 Å². The lowest BCUT2D eigenvalue weighted by atomic mass is 10.1. The fourth-order valence-electron chi connectivity index (χ4n) is 2.88. The van der Waals surface area contributed by atoms with Crippen molar-refractivity contribution in [1.82, 2.24) is 19.9 Å². The molecule has 0 unspecified atom stereocenters. The van der Waals surface area contributed by atoms with Crippen molar-refractivity contribution < 1.29 is 0 Å². The van der Waals surface area contributed by atoms with Gasteiger partial charge in [0.25, 0.3) is 0 Å². The summed E-state index contributed by atoms with van der Waals surface area (Å²) in [5, 5.41) is 3.51. The summed E-state index contributed by atoms with van der Waals surface area (Å²) in [4.78, 5) is 8.64. The molecule has 0 atom stereocenters. The minimum atomic E-state index is 0.645. The van der Waals surface area contributed by atoms with Crippen molar-refractivity contribution in [2.75, 3.05) is 0 Å². The van der Waals surface area contributed by atoms with E-state index in [9.17, 15) is 0 Å². The van der Waals surface area contributed by atoms with E-state index in [-0.39, 0.29) is 0 Å². The highest BCUT2D eigenvalue weighted by Crippen LogP contribution is 2.09. The molecule has 0 bridgehead atoms. The number of hydrogen-bond donors (Lipinski definition) is 1. The van der Waals surface area contributed by atoms with E-state index in [1.807, 2.05) is 24.9 Å². The molecule has 25 heavy (non-hydrogen) atoms. The van der Waals surface area contributed by atoms with Gasteiger partial charge >= 0.3 is 0 Å². The van der Waals surface area contributed by atoms with Crippen molar-refractivity contribution in [2.24, 2.45) is 5.92 Å². The molecule has 0 amide bonds. The summed E-state index contributed by atoms with van der Waals surface area (Å²) in [6, 6.07) is 13.0. The zero-order valence-electron chi connectivity index (χ0n) is 15.0. The van der Waals surface area contributed by atoms with Gasteiger partial charge in [-0.15, -0.1) is 0 Å². The predicted molar refractivity (Wildman–Crippen MR) is 101 cm³/mol. The van der Waals surface area contributed by atoms with E-state index >= 15 is 0 Å². The molecule has 2 heterocycles. The van der Waals surface area contributed by atoms with Crippen molar-refractivity contribution in [2.45, 2.75) is 39.9 Å². The number of benzene rings is 1. The molecule has 0 radical (unpaired) electrons. The van der Waals surface area contributed by atoms with Gasteiger partial charge in [0.1, 0.15) is 0 Å². The first kappa shape index (κ1) is 17.4. The quantitative estimate of drug-likeness (QED) is 0.681. The van der Waals surface area contributed by atoms with Gasteiger partial charge in [-0.3, -0.25) is 4.98 Å². The van der Waals surface area contributed by atoms with Gasteiger partial charge in [0, 0.05) is 43.9 Å². The number of rotatable bonds is 8. The first-order valence-electron chi connectivity index (χ1n) is 8.87. The fraction of sp³-hybridized carbons (Fsp3) is 0.333. The van der Waals surface area contributed by atoms with E-state index in [0.717, 1.165) is 26.1 Å². The minimum absolute atomic E-state index is 0.645. The predicted octanol–water partition coefficient (Wildman–Crippen LogP) is 3.81. The molecule has 4 nitrogen and oxygen atoms in total. The molecular formula is C21H26N4. The van der Waals surface area contributed by atoms with Gasteiger partial charge in [-0.1, -0.05) is 44.2 Å². The topological polar surface area (TPSA) is 42.7 Å². The SMILES string of the molecule is CC(C)Cc1ccc(CNCc2cccc(Cn3ccnc3)c2)cn1. The number of pyridine rings is 1. The highest BCUT2D eigenvalue weighted by Gasteiger charge is 2.01. The second-order valence-corrected chi connectivity index (χ2v) is 6.91. The smallest absolute Gasteiger partial charge is 0.0949 e. The molecule has 0 spiro atoms. The van der Waals surface area contributed by atoms with Gasteiger partial charge < -0.3 is 9.88 Å². The Balaban J connectivity index is 1.50. The molecule has 130 valence electrons. The first-order valence-corrected chi connectivity index (χ1v) is 8.87. The molecule has 0 fully saturated rings. The van der Waals surface area contributed by atoms with E-state index in [1.165, 1.54) is 22.4 Å². The Bertz CT molecular complexity index is 761. The van der Waals surface area contributed by atoms with Crippen LogP contribution in [0.3, 0.4) is 0 Å². The lowest BCUT2D eigenvalue weighted by molar-refractivity contribution is 0.633. The molecule has 1 aromatic carbocycles. The molecule has 0 saturated carbocycles. The average Bonchev–Trinajstić information content (AvgIpc) is 3.09. The summed E-state index contributed by atoms with van der Waals surface area (Å²) < 4.78 is 2.08. The van der Waals surface area contributed by atoms with Crippen LogP contribution in [0.4, 0.5) is 0 Å². The summed E-state index contributed by atoms with van der Waals surface area (Å²) in [6.45, 7) is 6.98. The van der Waals surface area contributed by atoms with Crippen LogP contribution in [0, 0.1) is 5.92 Å². The summed E-state index contributed by atoms with van der Waals surface area (Å²) in [5.74, 6) is 0.645. The number of nitrogens with zero attached hydrogens (tertiary/aromatic N) is 3. The third-order valence-corrected chi connectivity index (χ3v) is 4.08. The van der Waals surface area contributed by atoms with E-state index < -0.39 is 0 Å². The summed E-state index contributed by atoms with van der Waals surface area (Å²) in [6.07, 6.45) is 8.67. The van der Waals surface area contributed by atoms with Crippen LogP contribution in [-0.2, 0) is 26.1 Å². The third-order valence-electron chi connectivity index (χ3n) is 4.08. The highest BCUT2D eigenvalue weighted by molar-refractivity contribution is 5.24. The van der Waals surface area contributed by atoms with Gasteiger partial charge in [-0.25, -0.2) is 4.98 Å². The van der Waals surface area contributed by atoms with Gasteiger partial charge in [-0.2, -0.15) is 0 Å². The van der Waals surface area contributed by atoms with Gasteiger partial charge in [-0.05, 0) is 35.1 Å². The normalized spacial score (nSPS) is 11.2. The maximum absolute atomic E-state index is 4.55. The Hall–Kier alpha value is -2.46. The van der Waals surface area contributed by atoms with Crippen LogP contribution in [0.5, 0.6) is 0 Å². The number of nitrogens with one attached hydrogen (secondary N) is 1. The molecule has 0 aliphatic rings.